The molecule has 1 aliphatic rings. The minimum absolute atomic E-state index is 0.405. The third kappa shape index (κ3) is 8.73. The first-order valence-electron chi connectivity index (χ1n) is 12.8. The quantitative estimate of drug-likeness (QED) is 0.245. The van der Waals surface area contributed by atoms with Gasteiger partial charge >= 0.3 is 12.1 Å². The highest BCUT2D eigenvalue weighted by Crippen LogP contribution is 2.29. The molecule has 5 N–H and O–H groups in total. The number of aliphatic hydroxyl groups excluding tert-OH is 1. The summed E-state index contributed by atoms with van der Waals surface area (Å²) in [6, 6.07) is 1.62. The molecule has 2 rings (SSSR count). The fourth-order valence-corrected chi connectivity index (χ4v) is 6.17. The number of alkyl halides is 5. The smallest absolute Gasteiger partial charge is 0.405 e. The fraction of sp³-hybridized carbons (Fsp3) is 0.640. The van der Waals surface area contributed by atoms with Gasteiger partial charge in [0.2, 0.25) is 11.8 Å². The number of carbonyl (C=O) groups is 3. The van der Waals surface area contributed by atoms with Crippen LogP contribution in [0.5, 0.6) is 5.75 Å². The Labute approximate surface area is 239 Å². The van der Waals surface area contributed by atoms with Crippen LogP contribution in [0.4, 0.5) is 22.0 Å². The number of nitrogens with zero attached hydrogens (tertiary/aromatic N) is 1. The van der Waals surface area contributed by atoms with E-state index in [1.54, 1.807) is 12.1 Å². The average Bonchev–Trinajstić information content (AvgIpc) is 3.35. The molecule has 1 fully saturated rings. The maximum Gasteiger partial charge on any atom is 0.405 e. The Bertz CT molecular complexity index is 1230. The summed E-state index contributed by atoms with van der Waals surface area (Å²) in [5.74, 6) is -10.0. The summed E-state index contributed by atoms with van der Waals surface area (Å²) in [6.45, 7) is 1.38. The molecule has 0 aromatic heterocycles. The molecule has 5 atom stereocenters. The van der Waals surface area contributed by atoms with Gasteiger partial charge in [-0.15, -0.1) is 0 Å². The molecule has 238 valence electrons. The fourth-order valence-electron chi connectivity index (χ4n) is 4.41. The minimum Gasteiger partial charge on any atom is -0.497 e. The Morgan fingerprint density at radius 3 is 2.17 bits per heavy atom. The molecule has 1 aromatic carbocycles. The summed E-state index contributed by atoms with van der Waals surface area (Å²) in [7, 11) is -2.54. The maximum absolute atomic E-state index is 14.7. The summed E-state index contributed by atoms with van der Waals surface area (Å²) in [5, 5.41) is 12.2. The summed E-state index contributed by atoms with van der Waals surface area (Å²) in [5.41, 5.74) is 6.09. The normalized spacial score (nSPS) is 20.1. The van der Waals surface area contributed by atoms with Gasteiger partial charge in [-0.25, -0.2) is 8.42 Å². The molecule has 0 spiro atoms. The van der Waals surface area contributed by atoms with Crippen LogP contribution < -0.4 is 21.1 Å². The van der Waals surface area contributed by atoms with Gasteiger partial charge < -0.3 is 31.1 Å². The molecule has 0 saturated carbocycles. The number of rotatable bonds is 12. The van der Waals surface area contributed by atoms with E-state index in [0.717, 1.165) is 10.2 Å². The van der Waals surface area contributed by atoms with Gasteiger partial charge in [0.1, 0.15) is 24.4 Å². The van der Waals surface area contributed by atoms with Crippen molar-refractivity contribution >= 4 is 27.6 Å². The first-order chi connectivity index (χ1) is 19.2. The number of nitrogens with two attached hydrogens (primary N) is 1. The van der Waals surface area contributed by atoms with E-state index in [9.17, 15) is 49.9 Å². The number of amides is 3. The molecule has 0 radical (unpaired) electrons. The van der Waals surface area contributed by atoms with Gasteiger partial charge in [-0.2, -0.15) is 22.0 Å². The van der Waals surface area contributed by atoms with Crippen LogP contribution in [0.3, 0.4) is 0 Å². The maximum atomic E-state index is 14.7. The molecular formula is C25H35F5N4O7S. The van der Waals surface area contributed by atoms with Gasteiger partial charge in [0.15, 0.2) is 9.84 Å². The van der Waals surface area contributed by atoms with Crippen LogP contribution in [0.1, 0.15) is 32.8 Å². The lowest BCUT2D eigenvalue weighted by Gasteiger charge is -2.34. The number of benzene rings is 1. The largest absolute Gasteiger partial charge is 0.497 e. The number of sulfone groups is 1. The lowest BCUT2D eigenvalue weighted by molar-refractivity contribution is -0.175. The Morgan fingerprint density at radius 1 is 1.12 bits per heavy atom. The Hall–Kier alpha value is -3.05. The van der Waals surface area contributed by atoms with Crippen LogP contribution in [0.2, 0.25) is 0 Å². The second kappa shape index (κ2) is 13.5. The average molecular weight is 631 g/mol. The number of methoxy groups -OCH3 is 1. The van der Waals surface area contributed by atoms with E-state index in [1.165, 1.54) is 40.0 Å². The summed E-state index contributed by atoms with van der Waals surface area (Å²) < 4.78 is 98.0. The second-order valence-corrected chi connectivity index (χ2v) is 12.7. The first-order valence-corrected chi connectivity index (χ1v) is 14.5. The van der Waals surface area contributed by atoms with E-state index < -0.39 is 100 Å². The molecule has 11 nitrogen and oxygen atoms in total. The number of nitrogens with one attached hydrogen (secondary N) is 2. The highest BCUT2D eigenvalue weighted by Gasteiger charge is 2.53. The molecule has 0 bridgehead atoms. The van der Waals surface area contributed by atoms with Gasteiger partial charge in [0, 0.05) is 6.54 Å². The number of halogens is 5. The molecule has 0 aliphatic carbocycles. The molecule has 17 heteroatoms. The van der Waals surface area contributed by atoms with E-state index in [1.807, 2.05) is 0 Å². The van der Waals surface area contributed by atoms with Gasteiger partial charge in [-0.3, -0.25) is 14.4 Å². The van der Waals surface area contributed by atoms with Crippen molar-refractivity contribution in [3.8, 4) is 5.75 Å². The first kappa shape index (κ1) is 35.1. The predicted molar refractivity (Wildman–Crippen MR) is 140 cm³/mol. The zero-order chi connectivity index (χ0) is 32.2. The van der Waals surface area contributed by atoms with Crippen LogP contribution in [0.25, 0.3) is 0 Å². The van der Waals surface area contributed by atoms with E-state index >= 15 is 0 Å². The third-order valence-electron chi connectivity index (χ3n) is 6.76. The molecule has 42 heavy (non-hydrogen) atoms. The highest BCUT2D eigenvalue weighted by molar-refractivity contribution is 7.91. The Morgan fingerprint density at radius 2 is 1.69 bits per heavy atom. The van der Waals surface area contributed by atoms with Crippen molar-refractivity contribution in [1.82, 2.24) is 15.5 Å². The monoisotopic (exact) mass is 630 g/mol. The molecule has 3 unspecified atom stereocenters. The van der Waals surface area contributed by atoms with Crippen LogP contribution >= 0.6 is 0 Å². The summed E-state index contributed by atoms with van der Waals surface area (Å²) >= 11 is 0. The Balaban J connectivity index is 2.28. The number of aliphatic hydroxyl groups is 1. The Kier molecular flexibility index (Phi) is 11.3. The highest BCUT2D eigenvalue weighted by atomic mass is 32.2. The number of ether oxygens (including phenoxy) is 1. The van der Waals surface area contributed by atoms with E-state index in [4.69, 9.17) is 10.5 Å². The zero-order valence-electron chi connectivity index (χ0n) is 23.3. The minimum atomic E-state index is -4.99. The van der Waals surface area contributed by atoms with Crippen molar-refractivity contribution in [3.63, 3.8) is 0 Å². The molecule has 1 aliphatic heterocycles. The third-order valence-corrected chi connectivity index (χ3v) is 8.86. The second-order valence-electron chi connectivity index (χ2n) is 10.5. The van der Waals surface area contributed by atoms with E-state index in [0.29, 0.717) is 11.3 Å². The van der Waals surface area contributed by atoms with E-state index in [2.05, 4.69) is 5.32 Å². The number of likely N-dealkylation sites (tertiary alicyclic amines) is 1. The lowest BCUT2D eigenvalue weighted by Crippen LogP contribution is -2.61. The molecule has 1 heterocycles. The van der Waals surface area contributed by atoms with Crippen molar-refractivity contribution in [2.24, 2.45) is 11.7 Å². The van der Waals surface area contributed by atoms with Gasteiger partial charge in [0.05, 0.1) is 30.2 Å². The zero-order valence-corrected chi connectivity index (χ0v) is 24.1. The van der Waals surface area contributed by atoms with Crippen molar-refractivity contribution in [2.45, 2.75) is 74.5 Å². The topological polar surface area (TPSA) is 168 Å². The SMILES string of the molecule is COc1ccc(CS(=O)(=O)[C@@H]2C[C@@H](C(=O)NC(C(C)C)C(O)C(F)(F)C(=O)NCC(F)(F)F)N(C(=O)C(C)N)C2)cc1. The van der Waals surface area contributed by atoms with Crippen LogP contribution in [-0.4, -0.2) is 97.9 Å². The number of hydrogen-bond donors (Lipinski definition) is 4. The lowest BCUT2D eigenvalue weighted by atomic mass is 9.93. The van der Waals surface area contributed by atoms with Crippen LogP contribution in [0.15, 0.2) is 24.3 Å². The van der Waals surface area contributed by atoms with Crippen molar-refractivity contribution in [2.75, 3.05) is 20.2 Å². The number of hydrogen-bond acceptors (Lipinski definition) is 8. The van der Waals surface area contributed by atoms with Gasteiger partial charge in [-0.1, -0.05) is 26.0 Å². The predicted octanol–water partition coefficient (Wildman–Crippen LogP) is 0.742. The molecule has 3 amide bonds. The van der Waals surface area contributed by atoms with Crippen molar-refractivity contribution < 1.29 is 54.6 Å². The van der Waals surface area contributed by atoms with Gasteiger partial charge in [-0.05, 0) is 37.0 Å². The standard InChI is InChI=1S/C25H35F5N4O7S/c1-13(2)19(20(35)25(29,30)23(38)32-12-24(26,27)28)33-21(36)18-9-17(10-34(18)22(37)14(3)31)42(39,40)11-15-5-7-16(41-4)8-6-15/h5-8,13-14,17-20,35H,9-12,31H2,1-4H3,(H,32,38)(H,33,36)/t14?,17-,18+,19?,20?/m1/s1. The number of carbonyl (C=O) groups excluding carboxylic acids is 3. The molecule has 1 aromatic rings. The molecule has 1 saturated heterocycles. The van der Waals surface area contributed by atoms with E-state index in [-0.39, 0.29) is 0 Å². The summed E-state index contributed by atoms with van der Waals surface area (Å²) in [4.78, 5) is 38.8. The van der Waals surface area contributed by atoms with Crippen LogP contribution in [0, 0.1) is 5.92 Å². The summed E-state index contributed by atoms with van der Waals surface area (Å²) in [6.07, 6.45) is -8.39. The van der Waals surface area contributed by atoms with Gasteiger partial charge in [0.25, 0.3) is 5.91 Å². The van der Waals surface area contributed by atoms with Crippen molar-refractivity contribution in [3.05, 3.63) is 29.8 Å². The molecular weight excluding hydrogens is 595 g/mol. The van der Waals surface area contributed by atoms with Crippen molar-refractivity contribution in [1.29, 1.82) is 0 Å². The van der Waals surface area contributed by atoms with Crippen LogP contribution in [-0.2, 0) is 30.0 Å².